The van der Waals surface area contributed by atoms with E-state index in [0.717, 1.165) is 25.7 Å². The minimum absolute atomic E-state index is 0.0206. The van der Waals surface area contributed by atoms with Crippen molar-refractivity contribution < 1.29 is 136 Å². The molecule has 7 aliphatic rings. The highest BCUT2D eigenvalue weighted by Gasteiger charge is 2.46. The van der Waals surface area contributed by atoms with Gasteiger partial charge < -0.3 is 126 Å². The summed E-state index contributed by atoms with van der Waals surface area (Å²) >= 11 is 0. The van der Waals surface area contributed by atoms with E-state index in [1.54, 1.807) is 54.4 Å². The van der Waals surface area contributed by atoms with E-state index in [1.807, 2.05) is 91.8 Å². The number of ether oxygens (including phenoxy) is 18. The second-order valence-corrected chi connectivity index (χ2v) is 35.0. The van der Waals surface area contributed by atoms with E-state index >= 15 is 0 Å². The maximum Gasteiger partial charge on any atom is 0.331 e. The van der Waals surface area contributed by atoms with Crippen molar-refractivity contribution in [3.05, 3.63) is 71.9 Å². The number of methoxy groups -OCH3 is 8. The molecule has 0 aromatic rings. The Morgan fingerprint density at radius 3 is 1.14 bits per heavy atom. The third-order valence-electron chi connectivity index (χ3n) is 25.8. The van der Waals surface area contributed by atoms with Crippen molar-refractivity contribution in [3.8, 4) is 0 Å². The number of carbonyl (C=O) groups excluding carboxylic acids is 2. The van der Waals surface area contributed by atoms with Gasteiger partial charge in [0.15, 0.2) is 12.6 Å². The third kappa shape index (κ3) is 32.1. The topological polar surface area (TPSA) is 362 Å². The number of rotatable bonds is 24. The number of aliphatic hydroxyl groups is 8. The van der Waals surface area contributed by atoms with E-state index in [0.29, 0.717) is 62.5 Å². The number of esters is 2. The molecule has 0 radical (unpaired) electrons. The molecular formula is C90H152O28. The van der Waals surface area contributed by atoms with Gasteiger partial charge in [-0.15, -0.1) is 0 Å². The van der Waals surface area contributed by atoms with Crippen LogP contribution in [0.1, 0.15) is 198 Å². The van der Waals surface area contributed by atoms with Gasteiger partial charge in [-0.1, -0.05) is 101 Å². The fourth-order valence-electron chi connectivity index (χ4n) is 18.0. The second kappa shape index (κ2) is 51.8. The molecule has 0 saturated carbocycles. The molecule has 0 aromatic carbocycles. The molecule has 4 bridgehead atoms. The van der Waals surface area contributed by atoms with Crippen LogP contribution in [0, 0.1) is 35.5 Å². The summed E-state index contributed by atoms with van der Waals surface area (Å²) in [5, 5.41) is 95.8. The first kappa shape index (κ1) is 102. The van der Waals surface area contributed by atoms with E-state index < -0.39 is 182 Å². The van der Waals surface area contributed by atoms with Crippen molar-refractivity contribution in [2.24, 2.45) is 35.5 Å². The van der Waals surface area contributed by atoms with Crippen molar-refractivity contribution in [2.75, 3.05) is 70.1 Å². The number of carbonyl (C=O) groups is 2. The molecule has 0 amide bonds. The average Bonchev–Trinajstić information content (AvgIpc) is 0.825. The summed E-state index contributed by atoms with van der Waals surface area (Å²) in [6.45, 7) is 19.1. The molecule has 4 fully saturated rings. The minimum Gasteiger partial charge on any atom is -0.459 e. The van der Waals surface area contributed by atoms with Gasteiger partial charge in [0.1, 0.15) is 48.8 Å². The SMILES string of the molecule is CO[C@H]1C[C@H](CC[C@H](C)[C@H](O)[C@H](C)[C@@H]2C[C@H](O)C[C@H](O)[C@H](C)[C@@H](OC)C[C@@H]3CC=C[C@@H](C[C@@H](O[C@H]4OC[C@H](OC)[C@@H](OC)[C@@H]4O)CC=C(C)C=CC(=O)O[C@H]([C@@H](C)[C@@H](O)[C@@H](C)CC[C@H]4C[C@H](OC)C[C@H](C)O4)C[C@H](O)C[C@H](O)[C@H](C)[C@@H](OC)C[C@@H]4CC=C[C@@H](C[C@@H](O[C@H]5OC[C@H](OC)[C@@H](OC)[C@@H]5O)CC=C(C)C=CC(=O)O2)O4)O3)O[C@@H](C)C1. The lowest BCUT2D eigenvalue weighted by atomic mass is 9.83. The zero-order chi connectivity index (χ0) is 86.4. The minimum atomic E-state index is -1.23. The Balaban J connectivity index is 1.18. The molecular weight excluding hydrogens is 1530 g/mol. The van der Waals surface area contributed by atoms with Crippen LogP contribution in [0.2, 0.25) is 0 Å². The fraction of sp³-hybridized carbons (Fsp3) is 0.844. The summed E-state index contributed by atoms with van der Waals surface area (Å²) in [6, 6.07) is 0. The number of aliphatic hydroxyl groups excluding tert-OH is 8. The summed E-state index contributed by atoms with van der Waals surface area (Å²) < 4.78 is 110. The van der Waals surface area contributed by atoms with Gasteiger partial charge in [-0.3, -0.25) is 0 Å². The van der Waals surface area contributed by atoms with Gasteiger partial charge >= 0.3 is 11.9 Å². The molecule has 8 N–H and O–H groups in total. The molecule has 7 aliphatic heterocycles. The van der Waals surface area contributed by atoms with Crippen LogP contribution in [-0.4, -0.2) is 306 Å². The maximum atomic E-state index is 14.2. The van der Waals surface area contributed by atoms with Gasteiger partial charge in [-0.25, -0.2) is 9.59 Å². The average molecular weight is 1680 g/mol. The highest BCUT2D eigenvalue weighted by Crippen LogP contribution is 2.37. The van der Waals surface area contributed by atoms with Crippen molar-refractivity contribution in [3.63, 3.8) is 0 Å². The molecule has 7 rings (SSSR count). The number of hydrogen-bond donors (Lipinski definition) is 8. The lowest BCUT2D eigenvalue weighted by Gasteiger charge is -2.40. The van der Waals surface area contributed by atoms with Crippen LogP contribution in [0.3, 0.4) is 0 Å². The van der Waals surface area contributed by atoms with E-state index in [1.165, 1.54) is 40.6 Å². The first-order valence-corrected chi connectivity index (χ1v) is 43.6. The molecule has 0 aliphatic carbocycles. The van der Waals surface area contributed by atoms with E-state index in [2.05, 4.69) is 0 Å². The standard InChI is InChI=1S/C90H152O28/c1-51-25-31-69(115-89-85(99)87(107-17)79(105-15)49-109-89)43-63-21-19-23-65(113-63)47-75(103-13)58(8)74(94)40-62(92)42-78(60(10)84(98)54(4)30-34-68-46-72(102-12)38-56(6)112-68)118-82(96)36-28-52(2)26-32-70(116-90-86(100)88(108-18)80(106-16)50-110-90)44-64-22-20-24-66(114-64)48-76(104-14)57(7)73(93)39-61(91)41-77(117-81(95)35-27-51)59(9)83(97)53(3)29-33-67-45-71(101-11)37-55(5)111-67/h19-22,25-28,35-36,53-80,83-94,97-100H,23-24,29-34,37-50H2,1-18H3/t53-,54-,55-,56-,57-,58-,59+,60+,61+,62+,63-,64-,65-,66-,67-,68-,69-,70-,71+,72+,73-,74-,75-,76-,77-,78-,79-,80-,83-,84-,85-,86-,87+,88+,89+,90+/m0/s1. The van der Waals surface area contributed by atoms with Gasteiger partial charge in [0.25, 0.3) is 0 Å². The quantitative estimate of drug-likeness (QED) is 0.0329. The molecule has 4 saturated heterocycles. The van der Waals surface area contributed by atoms with E-state index in [-0.39, 0.29) is 113 Å². The Morgan fingerprint density at radius 1 is 0.424 bits per heavy atom. The smallest absolute Gasteiger partial charge is 0.331 e. The van der Waals surface area contributed by atoms with Gasteiger partial charge in [-0.05, 0) is 129 Å². The Bertz CT molecular complexity index is 2850. The Hall–Kier alpha value is -3.58. The van der Waals surface area contributed by atoms with Gasteiger partial charge in [0.05, 0.1) is 135 Å². The monoisotopic (exact) mass is 1680 g/mol. The molecule has 0 unspecified atom stereocenters. The zero-order valence-electron chi connectivity index (χ0n) is 73.9. The van der Waals surface area contributed by atoms with Crippen molar-refractivity contribution >= 4 is 11.9 Å². The normalized spacial score (nSPS) is 40.1. The van der Waals surface area contributed by atoms with Crippen molar-refractivity contribution in [1.82, 2.24) is 0 Å². The number of cyclic esters (lactones) is 2. The van der Waals surface area contributed by atoms with Crippen molar-refractivity contribution in [2.45, 2.75) is 381 Å². The lowest BCUT2D eigenvalue weighted by molar-refractivity contribution is -0.290. The van der Waals surface area contributed by atoms with Gasteiger partial charge in [-0.2, -0.15) is 0 Å². The van der Waals surface area contributed by atoms with Gasteiger partial charge in [0, 0.05) is 131 Å². The summed E-state index contributed by atoms with van der Waals surface area (Å²) in [7, 11) is 12.5. The summed E-state index contributed by atoms with van der Waals surface area (Å²) in [5.74, 6) is -4.40. The first-order chi connectivity index (χ1) is 56.3. The summed E-state index contributed by atoms with van der Waals surface area (Å²) in [5.41, 5.74) is 1.32. The zero-order valence-corrected chi connectivity index (χ0v) is 73.9. The largest absolute Gasteiger partial charge is 0.459 e. The summed E-state index contributed by atoms with van der Waals surface area (Å²) in [6.07, 6.45) is 5.51. The first-order valence-electron chi connectivity index (χ1n) is 43.6. The van der Waals surface area contributed by atoms with Crippen LogP contribution in [0.15, 0.2) is 71.9 Å². The second-order valence-electron chi connectivity index (χ2n) is 35.0. The summed E-state index contributed by atoms with van der Waals surface area (Å²) in [4.78, 5) is 28.5. The predicted octanol–water partition coefficient (Wildman–Crippen LogP) is 9.16. The van der Waals surface area contributed by atoms with Crippen molar-refractivity contribution in [1.29, 1.82) is 0 Å². The number of hydrogen-bond acceptors (Lipinski definition) is 28. The van der Waals surface area contributed by atoms with Crippen LogP contribution in [0.25, 0.3) is 0 Å². The fourth-order valence-corrected chi connectivity index (χ4v) is 18.0. The molecule has 36 atom stereocenters. The predicted molar refractivity (Wildman–Crippen MR) is 441 cm³/mol. The molecule has 0 aromatic heterocycles. The van der Waals surface area contributed by atoms with Gasteiger partial charge in [0.2, 0.25) is 0 Å². The highest BCUT2D eigenvalue weighted by molar-refractivity contribution is 5.83. The van der Waals surface area contributed by atoms with Crippen LogP contribution in [0.5, 0.6) is 0 Å². The molecule has 680 valence electrons. The number of allylic oxidation sites excluding steroid dienone is 4. The van der Waals surface area contributed by atoms with E-state index in [4.69, 9.17) is 85.3 Å². The van der Waals surface area contributed by atoms with E-state index in [9.17, 15) is 50.4 Å². The number of fused-ring (bicyclic) bond motifs is 4. The third-order valence-corrected chi connectivity index (χ3v) is 25.8. The van der Waals surface area contributed by atoms with Crippen LogP contribution >= 0.6 is 0 Å². The van der Waals surface area contributed by atoms with Crippen LogP contribution in [0.4, 0.5) is 0 Å². The van der Waals surface area contributed by atoms with Crippen LogP contribution < -0.4 is 0 Å². The van der Waals surface area contributed by atoms with Crippen LogP contribution in [-0.2, 0) is 94.9 Å². The molecule has 7 heterocycles. The molecule has 28 nitrogen and oxygen atoms in total. The maximum absolute atomic E-state index is 14.2. The molecule has 118 heavy (non-hydrogen) atoms. The Kier molecular flexibility index (Phi) is 44.5. The Labute approximate surface area is 703 Å². The molecule has 28 heteroatoms. The Morgan fingerprint density at radius 2 is 0.797 bits per heavy atom. The molecule has 0 spiro atoms. The lowest BCUT2D eigenvalue weighted by Crippen LogP contribution is -2.56. The highest BCUT2D eigenvalue weighted by atomic mass is 16.7.